The summed E-state index contributed by atoms with van der Waals surface area (Å²) < 4.78 is 5.42. The minimum absolute atomic E-state index is 0.773. The van der Waals surface area contributed by atoms with Crippen molar-refractivity contribution in [2.75, 3.05) is 63.6 Å². The highest BCUT2D eigenvalue weighted by Crippen LogP contribution is 2.25. The fourth-order valence-corrected chi connectivity index (χ4v) is 4.31. The number of aryl methyl sites for hydroxylation is 1. The van der Waals surface area contributed by atoms with Crippen LogP contribution in [0.3, 0.4) is 0 Å². The average molecular weight is 475 g/mol. The second-order valence-corrected chi connectivity index (χ2v) is 9.21. The van der Waals surface area contributed by atoms with Crippen LogP contribution in [0.4, 0.5) is 11.5 Å². The van der Waals surface area contributed by atoms with E-state index >= 15 is 0 Å². The summed E-state index contributed by atoms with van der Waals surface area (Å²) in [6, 6.07) is 16.8. The van der Waals surface area contributed by atoms with Crippen LogP contribution < -0.4 is 20.3 Å². The minimum Gasteiger partial charge on any atom is -0.496 e. The molecule has 0 amide bonds. The summed E-state index contributed by atoms with van der Waals surface area (Å²) in [7, 11) is 3.90. The maximum Gasteiger partial charge on any atom is 0.161 e. The quantitative estimate of drug-likeness (QED) is 0.429. The predicted molar refractivity (Wildman–Crippen MR) is 144 cm³/mol. The monoisotopic (exact) mass is 474 g/mol. The Morgan fingerprint density at radius 2 is 1.66 bits per heavy atom. The lowest BCUT2D eigenvalue weighted by Gasteiger charge is -2.34. The number of para-hydroxylation sites is 1. The van der Waals surface area contributed by atoms with Gasteiger partial charge in [0.25, 0.3) is 0 Å². The zero-order valence-electron chi connectivity index (χ0n) is 21.5. The van der Waals surface area contributed by atoms with Crippen molar-refractivity contribution >= 4 is 11.5 Å². The number of aromatic nitrogens is 2. The number of likely N-dealkylation sites (N-methyl/N-ethyl adjacent to an activating group) is 1. The molecular formula is C28H38N6O. The standard InChI is InChI=1S/C28H38N6O/c1-21-22(2)31-28(23-10-12-25(13-11-23)34-18-16-33(3)17-19-34)32-27(21)30-15-7-14-29-20-24-8-5-6-9-26(24)35-4/h5-6,8-13,29H,7,14-20H2,1-4H3,(H,30,31,32). The molecule has 35 heavy (non-hydrogen) atoms. The van der Waals surface area contributed by atoms with Crippen molar-refractivity contribution in [3.05, 3.63) is 65.4 Å². The lowest BCUT2D eigenvalue weighted by molar-refractivity contribution is 0.313. The molecule has 0 unspecified atom stereocenters. The smallest absolute Gasteiger partial charge is 0.161 e. The van der Waals surface area contributed by atoms with Gasteiger partial charge in [0.15, 0.2) is 5.82 Å². The van der Waals surface area contributed by atoms with E-state index in [-0.39, 0.29) is 0 Å². The van der Waals surface area contributed by atoms with Crippen molar-refractivity contribution in [2.45, 2.75) is 26.8 Å². The third-order valence-corrected chi connectivity index (χ3v) is 6.71. The summed E-state index contributed by atoms with van der Waals surface area (Å²) in [5.41, 5.74) is 5.60. The van der Waals surface area contributed by atoms with Crippen molar-refractivity contribution < 1.29 is 4.74 Å². The van der Waals surface area contributed by atoms with Crippen LogP contribution in [-0.2, 0) is 6.54 Å². The summed E-state index contributed by atoms with van der Waals surface area (Å²) in [5.74, 6) is 2.62. The Labute approximate surface area is 209 Å². The van der Waals surface area contributed by atoms with Crippen molar-refractivity contribution in [3.63, 3.8) is 0 Å². The normalized spacial score (nSPS) is 14.2. The molecule has 0 radical (unpaired) electrons. The van der Waals surface area contributed by atoms with Gasteiger partial charge in [0.2, 0.25) is 0 Å². The molecule has 186 valence electrons. The molecule has 0 aliphatic carbocycles. The van der Waals surface area contributed by atoms with Crippen LogP contribution in [0, 0.1) is 13.8 Å². The molecule has 0 bridgehead atoms. The van der Waals surface area contributed by atoms with Gasteiger partial charge in [-0.05, 0) is 64.2 Å². The van der Waals surface area contributed by atoms with Crippen LogP contribution in [0.25, 0.3) is 11.4 Å². The van der Waals surface area contributed by atoms with Gasteiger partial charge in [-0.2, -0.15) is 0 Å². The number of methoxy groups -OCH3 is 1. The molecule has 1 aromatic heterocycles. The van der Waals surface area contributed by atoms with Gasteiger partial charge in [0, 0.05) is 67.3 Å². The van der Waals surface area contributed by atoms with Crippen LogP contribution in [0.5, 0.6) is 5.75 Å². The first kappa shape index (κ1) is 24.9. The lowest BCUT2D eigenvalue weighted by Crippen LogP contribution is -2.44. The molecule has 3 aromatic rings. The molecule has 0 spiro atoms. The van der Waals surface area contributed by atoms with E-state index in [2.05, 4.69) is 71.7 Å². The highest BCUT2D eigenvalue weighted by Gasteiger charge is 2.15. The number of hydrogen-bond acceptors (Lipinski definition) is 7. The van der Waals surface area contributed by atoms with Gasteiger partial charge < -0.3 is 25.2 Å². The summed E-state index contributed by atoms with van der Waals surface area (Å²) in [6.45, 7) is 11.0. The van der Waals surface area contributed by atoms with E-state index in [1.54, 1.807) is 7.11 Å². The Bertz CT molecular complexity index is 1090. The van der Waals surface area contributed by atoms with Crippen molar-refractivity contribution in [2.24, 2.45) is 0 Å². The van der Waals surface area contributed by atoms with Crippen molar-refractivity contribution in [1.82, 2.24) is 20.2 Å². The number of benzene rings is 2. The minimum atomic E-state index is 0.773. The van der Waals surface area contributed by atoms with E-state index in [1.165, 1.54) is 11.3 Å². The van der Waals surface area contributed by atoms with Gasteiger partial charge in [-0.3, -0.25) is 0 Å². The molecule has 2 N–H and O–H groups in total. The molecule has 2 aromatic carbocycles. The highest BCUT2D eigenvalue weighted by atomic mass is 16.5. The maximum atomic E-state index is 5.42. The molecule has 4 rings (SSSR count). The van der Waals surface area contributed by atoms with E-state index in [0.29, 0.717) is 0 Å². The first-order valence-corrected chi connectivity index (χ1v) is 12.5. The van der Waals surface area contributed by atoms with E-state index in [4.69, 9.17) is 14.7 Å². The number of rotatable bonds is 10. The molecule has 1 aliphatic rings. The number of nitrogens with one attached hydrogen (secondary N) is 2. The molecule has 7 nitrogen and oxygen atoms in total. The summed E-state index contributed by atoms with van der Waals surface area (Å²) in [4.78, 5) is 14.5. The van der Waals surface area contributed by atoms with Crippen LogP contribution in [0.15, 0.2) is 48.5 Å². The van der Waals surface area contributed by atoms with Gasteiger partial charge in [-0.25, -0.2) is 9.97 Å². The number of ether oxygens (including phenoxy) is 1. The van der Waals surface area contributed by atoms with Crippen LogP contribution >= 0.6 is 0 Å². The van der Waals surface area contributed by atoms with Crippen LogP contribution in [0.2, 0.25) is 0 Å². The topological polar surface area (TPSA) is 65.6 Å². The fourth-order valence-electron chi connectivity index (χ4n) is 4.31. The largest absolute Gasteiger partial charge is 0.496 e. The Balaban J connectivity index is 1.31. The number of nitrogens with zero attached hydrogens (tertiary/aromatic N) is 4. The molecule has 0 saturated carbocycles. The molecule has 0 atom stereocenters. The summed E-state index contributed by atoms with van der Waals surface area (Å²) in [6.07, 6.45) is 0.993. The Hall–Kier alpha value is -3.16. The van der Waals surface area contributed by atoms with Gasteiger partial charge in [0.05, 0.1) is 7.11 Å². The number of piperazine rings is 1. The molecule has 2 heterocycles. The highest BCUT2D eigenvalue weighted by molar-refractivity contribution is 5.63. The van der Waals surface area contributed by atoms with E-state index in [0.717, 1.165) is 86.4 Å². The van der Waals surface area contributed by atoms with E-state index < -0.39 is 0 Å². The lowest BCUT2D eigenvalue weighted by atomic mass is 10.1. The third kappa shape index (κ3) is 6.50. The second kappa shape index (κ2) is 12.0. The zero-order chi connectivity index (χ0) is 24.6. The predicted octanol–water partition coefficient (Wildman–Crippen LogP) is 4.11. The Kier molecular flexibility index (Phi) is 8.55. The van der Waals surface area contributed by atoms with Gasteiger partial charge >= 0.3 is 0 Å². The van der Waals surface area contributed by atoms with Gasteiger partial charge in [-0.15, -0.1) is 0 Å². The first-order chi connectivity index (χ1) is 17.0. The Morgan fingerprint density at radius 3 is 2.40 bits per heavy atom. The fraction of sp³-hybridized carbons (Fsp3) is 0.429. The van der Waals surface area contributed by atoms with Gasteiger partial charge in [0.1, 0.15) is 11.6 Å². The molecule has 1 aliphatic heterocycles. The SMILES string of the molecule is COc1ccccc1CNCCCNc1nc(-c2ccc(N3CCN(C)CC3)cc2)nc(C)c1C. The molecule has 1 fully saturated rings. The summed E-state index contributed by atoms with van der Waals surface area (Å²) >= 11 is 0. The zero-order valence-corrected chi connectivity index (χ0v) is 21.5. The molecular weight excluding hydrogens is 436 g/mol. The van der Waals surface area contributed by atoms with Crippen LogP contribution in [-0.4, -0.2) is 68.3 Å². The first-order valence-electron chi connectivity index (χ1n) is 12.5. The van der Waals surface area contributed by atoms with Crippen LogP contribution in [0.1, 0.15) is 23.2 Å². The van der Waals surface area contributed by atoms with Gasteiger partial charge in [-0.1, -0.05) is 18.2 Å². The van der Waals surface area contributed by atoms with E-state index in [1.807, 2.05) is 18.2 Å². The number of anilines is 2. The average Bonchev–Trinajstić information content (AvgIpc) is 2.89. The second-order valence-electron chi connectivity index (χ2n) is 9.21. The van der Waals surface area contributed by atoms with E-state index in [9.17, 15) is 0 Å². The summed E-state index contributed by atoms with van der Waals surface area (Å²) in [5, 5.41) is 7.02. The molecule has 7 heteroatoms. The Morgan fingerprint density at radius 1 is 0.914 bits per heavy atom. The van der Waals surface area contributed by atoms with Crippen molar-refractivity contribution in [3.8, 4) is 17.1 Å². The molecule has 1 saturated heterocycles. The van der Waals surface area contributed by atoms with Crippen molar-refractivity contribution in [1.29, 1.82) is 0 Å². The number of hydrogen-bond donors (Lipinski definition) is 2. The maximum absolute atomic E-state index is 5.42. The third-order valence-electron chi connectivity index (χ3n) is 6.71.